The molecule has 0 aliphatic carbocycles. The minimum atomic E-state index is -5.08. The summed E-state index contributed by atoms with van der Waals surface area (Å²) >= 11 is 1.56. The molecular weight excluding hydrogens is 373 g/mol. The first-order chi connectivity index (χ1) is 12.2. The average molecular weight is 390 g/mol. The molecule has 3 heterocycles. The largest absolute Gasteiger partial charge is 0.490 e. The first kappa shape index (κ1) is 19.9. The minimum absolute atomic E-state index is 0.0674. The third-order valence-electron chi connectivity index (χ3n) is 3.46. The molecule has 2 aromatic rings. The number of anilines is 1. The number of carbonyl (C=O) groups excluding carboxylic acids is 1. The van der Waals surface area contributed by atoms with Crippen LogP contribution in [0.4, 0.5) is 18.9 Å². The van der Waals surface area contributed by atoms with Gasteiger partial charge in [0.2, 0.25) is 0 Å². The van der Waals surface area contributed by atoms with E-state index < -0.39 is 12.1 Å². The number of rotatable bonds is 3. The van der Waals surface area contributed by atoms with Crippen molar-refractivity contribution in [3.63, 3.8) is 0 Å². The van der Waals surface area contributed by atoms with Gasteiger partial charge in [0, 0.05) is 24.2 Å². The number of aryl methyl sites for hydroxylation is 1. The predicted octanol–water partition coefficient (Wildman–Crippen LogP) is 2.79. The number of alkyl halides is 3. The third-order valence-corrected chi connectivity index (χ3v) is 4.66. The van der Waals surface area contributed by atoms with Gasteiger partial charge < -0.3 is 15.7 Å². The highest BCUT2D eigenvalue weighted by atomic mass is 32.1. The number of thiophene rings is 1. The van der Waals surface area contributed by atoms with Crippen LogP contribution in [0, 0.1) is 0 Å². The fourth-order valence-electron chi connectivity index (χ4n) is 2.27. The van der Waals surface area contributed by atoms with Crippen LogP contribution in [0.25, 0.3) is 0 Å². The lowest BCUT2D eigenvalue weighted by molar-refractivity contribution is -0.192. The Hall–Kier alpha value is -2.40. The number of nitrogens with one attached hydrogen (secondary N) is 2. The topological polar surface area (TPSA) is 96.3 Å². The highest BCUT2D eigenvalue weighted by molar-refractivity contribution is 7.14. The zero-order chi connectivity index (χ0) is 19.3. The van der Waals surface area contributed by atoms with Crippen molar-refractivity contribution < 1.29 is 27.9 Å². The Kier molecular flexibility index (Phi) is 6.37. The van der Waals surface area contributed by atoms with Crippen molar-refractivity contribution >= 4 is 28.9 Å². The zero-order valence-corrected chi connectivity index (χ0v) is 14.5. The number of carbonyl (C=O) groups is 2. The maximum atomic E-state index is 12.1. The van der Waals surface area contributed by atoms with Crippen LogP contribution >= 0.6 is 11.3 Å². The summed E-state index contributed by atoms with van der Waals surface area (Å²) < 4.78 is 33.4. The normalized spacial score (nSPS) is 16.7. The summed E-state index contributed by atoms with van der Waals surface area (Å²) in [5, 5.41) is 17.4. The number of hydrogen-bond acceptors (Lipinski definition) is 5. The molecule has 3 rings (SSSR count). The van der Waals surface area contributed by atoms with Crippen LogP contribution in [-0.4, -0.2) is 39.5 Å². The van der Waals surface area contributed by atoms with Gasteiger partial charge in [-0.3, -0.25) is 9.48 Å². The number of hydrogen-bond donors (Lipinski definition) is 3. The summed E-state index contributed by atoms with van der Waals surface area (Å²) in [5.41, 5.74) is 0.724. The van der Waals surface area contributed by atoms with Crippen LogP contribution in [0.3, 0.4) is 0 Å². The summed E-state index contributed by atoms with van der Waals surface area (Å²) in [4.78, 5) is 23.0. The Morgan fingerprint density at radius 3 is 2.62 bits per heavy atom. The first-order valence-corrected chi connectivity index (χ1v) is 8.41. The van der Waals surface area contributed by atoms with Gasteiger partial charge in [-0.05, 0) is 31.5 Å². The quantitative estimate of drug-likeness (QED) is 0.749. The van der Waals surface area contributed by atoms with Gasteiger partial charge in [-0.2, -0.15) is 18.3 Å². The zero-order valence-electron chi connectivity index (χ0n) is 13.7. The molecule has 0 spiro atoms. The lowest BCUT2D eigenvalue weighted by atomic mass is 10.2. The monoisotopic (exact) mass is 390 g/mol. The Morgan fingerprint density at radius 2 is 2.12 bits per heavy atom. The van der Waals surface area contributed by atoms with Gasteiger partial charge in [0.25, 0.3) is 5.91 Å². The molecule has 3 N–H and O–H groups in total. The number of carboxylic acid groups (broad SMARTS) is 1. The fraction of sp³-hybridized carbons (Fsp3) is 0.400. The molecule has 0 saturated carbocycles. The van der Waals surface area contributed by atoms with Gasteiger partial charge in [-0.25, -0.2) is 4.79 Å². The van der Waals surface area contributed by atoms with Crippen LogP contribution in [-0.2, 0) is 11.8 Å². The molecule has 0 bridgehead atoms. The van der Waals surface area contributed by atoms with Crippen molar-refractivity contribution in [2.45, 2.75) is 25.1 Å². The summed E-state index contributed by atoms with van der Waals surface area (Å²) in [6.45, 7) is 1.07. The van der Waals surface area contributed by atoms with Gasteiger partial charge in [0.05, 0.1) is 16.8 Å². The Balaban J connectivity index is 0.000000298. The van der Waals surface area contributed by atoms with E-state index in [1.165, 1.54) is 11.3 Å². The van der Waals surface area contributed by atoms with Gasteiger partial charge in [-0.1, -0.05) is 0 Å². The van der Waals surface area contributed by atoms with Gasteiger partial charge >= 0.3 is 12.1 Å². The van der Waals surface area contributed by atoms with Gasteiger partial charge in [0.1, 0.15) is 0 Å². The number of nitrogens with zero attached hydrogens (tertiary/aromatic N) is 2. The van der Waals surface area contributed by atoms with Crippen LogP contribution < -0.4 is 10.6 Å². The molecule has 1 aliphatic heterocycles. The van der Waals surface area contributed by atoms with E-state index in [1.807, 2.05) is 19.2 Å². The van der Waals surface area contributed by atoms with Gasteiger partial charge in [-0.15, -0.1) is 11.3 Å². The average Bonchev–Trinajstić information content (AvgIpc) is 3.27. The summed E-state index contributed by atoms with van der Waals surface area (Å²) in [7, 11) is 1.82. The molecule has 1 atom stereocenters. The maximum absolute atomic E-state index is 12.1. The number of carboxylic acids is 1. The second-order valence-electron chi connectivity index (χ2n) is 5.51. The molecule has 1 unspecified atom stereocenters. The van der Waals surface area contributed by atoms with Crippen LogP contribution in [0.2, 0.25) is 0 Å². The first-order valence-electron chi connectivity index (χ1n) is 7.60. The molecule has 0 aromatic carbocycles. The van der Waals surface area contributed by atoms with E-state index >= 15 is 0 Å². The van der Waals surface area contributed by atoms with E-state index in [1.54, 1.807) is 28.4 Å². The highest BCUT2D eigenvalue weighted by Gasteiger charge is 2.38. The lowest BCUT2D eigenvalue weighted by Crippen LogP contribution is -2.21. The van der Waals surface area contributed by atoms with Crippen molar-refractivity contribution in [1.82, 2.24) is 15.1 Å². The second-order valence-corrected chi connectivity index (χ2v) is 6.63. The molecule has 1 amide bonds. The molecule has 0 radical (unpaired) electrons. The van der Waals surface area contributed by atoms with Crippen molar-refractivity contribution in [2.24, 2.45) is 7.05 Å². The molecule has 1 fully saturated rings. The summed E-state index contributed by atoms with van der Waals surface area (Å²) in [6.07, 6.45) is 0.708. The molecule has 26 heavy (non-hydrogen) atoms. The molecule has 11 heteroatoms. The summed E-state index contributed by atoms with van der Waals surface area (Å²) in [6, 6.07) is 4.36. The van der Waals surface area contributed by atoms with E-state index in [2.05, 4.69) is 15.7 Å². The molecule has 1 aliphatic rings. The Morgan fingerprint density at radius 1 is 1.42 bits per heavy atom. The van der Waals surface area contributed by atoms with Crippen LogP contribution in [0.5, 0.6) is 0 Å². The van der Waals surface area contributed by atoms with E-state index in [4.69, 9.17) is 9.90 Å². The molecule has 7 nitrogen and oxygen atoms in total. The number of aromatic nitrogens is 2. The molecular formula is C15H17F3N4O3S. The van der Waals surface area contributed by atoms with E-state index in [-0.39, 0.29) is 5.91 Å². The standard InChI is InChI=1S/C13H16N4OS.C2HF3O2/c1-17-8-9(7-15-17)16-13(18)12-5-4-11(19-12)10-3-2-6-14-10;3-2(4,5)1(6)7/h4-5,7-8,10,14H,2-3,6H2,1H3,(H,16,18);(H,6,7). The molecule has 142 valence electrons. The minimum Gasteiger partial charge on any atom is -0.475 e. The summed E-state index contributed by atoms with van der Waals surface area (Å²) in [5.74, 6) is -2.82. The van der Waals surface area contributed by atoms with E-state index in [9.17, 15) is 18.0 Å². The Labute approximate surface area is 150 Å². The highest BCUT2D eigenvalue weighted by Crippen LogP contribution is 2.29. The molecule has 1 saturated heterocycles. The predicted molar refractivity (Wildman–Crippen MR) is 89.1 cm³/mol. The van der Waals surface area contributed by atoms with Crippen molar-refractivity contribution in [3.8, 4) is 0 Å². The lowest BCUT2D eigenvalue weighted by Gasteiger charge is -2.05. The van der Waals surface area contributed by atoms with Crippen LogP contribution in [0.15, 0.2) is 24.5 Å². The van der Waals surface area contributed by atoms with Crippen molar-refractivity contribution in [3.05, 3.63) is 34.3 Å². The second kappa shape index (κ2) is 8.32. The number of aliphatic carboxylic acids is 1. The van der Waals surface area contributed by atoms with E-state index in [0.29, 0.717) is 6.04 Å². The third kappa shape index (κ3) is 5.56. The maximum Gasteiger partial charge on any atom is 0.490 e. The number of halogens is 3. The van der Waals surface area contributed by atoms with Crippen LogP contribution in [0.1, 0.15) is 33.4 Å². The fourth-order valence-corrected chi connectivity index (χ4v) is 3.28. The Bertz CT molecular complexity index is 766. The van der Waals surface area contributed by atoms with Gasteiger partial charge in [0.15, 0.2) is 0 Å². The SMILES string of the molecule is Cn1cc(NC(=O)c2ccc(C3CCCN3)s2)cn1.O=C(O)C(F)(F)F. The van der Waals surface area contributed by atoms with Crippen molar-refractivity contribution in [2.75, 3.05) is 11.9 Å². The van der Waals surface area contributed by atoms with Crippen molar-refractivity contribution in [1.29, 1.82) is 0 Å². The number of amides is 1. The van der Waals surface area contributed by atoms with E-state index in [0.717, 1.165) is 23.5 Å². The smallest absolute Gasteiger partial charge is 0.475 e. The molecule has 2 aromatic heterocycles.